The molecule has 6 heteroatoms. The highest BCUT2D eigenvalue weighted by molar-refractivity contribution is 6.06. The molecule has 1 heterocycles. The minimum Gasteiger partial charge on any atom is -0.493 e. The number of ketones is 1. The lowest BCUT2D eigenvalue weighted by molar-refractivity contribution is -0.112. The maximum absolute atomic E-state index is 12.4. The van der Waals surface area contributed by atoms with E-state index < -0.39 is 5.60 Å². The Balaban J connectivity index is 2.08. The van der Waals surface area contributed by atoms with Crippen LogP contribution in [0.3, 0.4) is 0 Å². The summed E-state index contributed by atoms with van der Waals surface area (Å²) in [4.78, 5) is 12.4. The van der Waals surface area contributed by atoms with Crippen LogP contribution in [-0.4, -0.2) is 39.8 Å². The average molecular weight is 386 g/mol. The summed E-state index contributed by atoms with van der Waals surface area (Å²) in [6.07, 6.45) is 5.23. The number of ether oxygens (including phenoxy) is 5. The molecule has 0 spiro atoms. The average Bonchev–Trinajstić information content (AvgIpc) is 2.99. The van der Waals surface area contributed by atoms with Crippen molar-refractivity contribution in [2.24, 2.45) is 5.92 Å². The van der Waals surface area contributed by atoms with Crippen LogP contribution in [0, 0.1) is 5.92 Å². The summed E-state index contributed by atoms with van der Waals surface area (Å²) >= 11 is 0. The van der Waals surface area contributed by atoms with Crippen LogP contribution in [0.4, 0.5) is 0 Å². The van der Waals surface area contributed by atoms with Crippen LogP contribution in [0.25, 0.3) is 0 Å². The molecule has 0 N–H and O–H groups in total. The monoisotopic (exact) mass is 386 g/mol. The van der Waals surface area contributed by atoms with Crippen LogP contribution < -0.4 is 14.2 Å². The van der Waals surface area contributed by atoms with Crippen molar-refractivity contribution in [3.8, 4) is 17.2 Å². The lowest BCUT2D eigenvalue weighted by Crippen LogP contribution is -2.38. The van der Waals surface area contributed by atoms with Gasteiger partial charge in [0, 0.05) is 30.2 Å². The topological polar surface area (TPSA) is 63.2 Å². The van der Waals surface area contributed by atoms with Crippen LogP contribution in [0.2, 0.25) is 0 Å². The third kappa shape index (κ3) is 2.98. The number of hydrogen-bond donors (Lipinski definition) is 0. The van der Waals surface area contributed by atoms with Gasteiger partial charge in [-0.2, -0.15) is 0 Å². The Bertz CT molecular complexity index is 828. The molecule has 1 aromatic carbocycles. The van der Waals surface area contributed by atoms with Gasteiger partial charge in [-0.25, -0.2) is 0 Å². The van der Waals surface area contributed by atoms with Crippen LogP contribution in [0.15, 0.2) is 48.3 Å². The molecule has 28 heavy (non-hydrogen) atoms. The fourth-order valence-corrected chi connectivity index (χ4v) is 3.95. The molecule has 1 saturated heterocycles. The van der Waals surface area contributed by atoms with Crippen molar-refractivity contribution >= 4 is 5.78 Å². The molecule has 1 aliphatic heterocycles. The van der Waals surface area contributed by atoms with Crippen LogP contribution in [0.1, 0.15) is 25.0 Å². The first kappa shape index (κ1) is 20.0. The molecule has 0 unspecified atom stereocenters. The van der Waals surface area contributed by atoms with Gasteiger partial charge in [0.15, 0.2) is 17.3 Å². The van der Waals surface area contributed by atoms with Crippen molar-refractivity contribution in [2.45, 2.75) is 25.0 Å². The number of allylic oxidation sites excluding steroid dienone is 3. The third-order valence-electron chi connectivity index (χ3n) is 5.45. The van der Waals surface area contributed by atoms with E-state index in [2.05, 4.69) is 6.58 Å². The van der Waals surface area contributed by atoms with Gasteiger partial charge in [-0.15, -0.1) is 6.58 Å². The second-order valence-corrected chi connectivity index (χ2v) is 6.82. The minimum absolute atomic E-state index is 0.0830. The van der Waals surface area contributed by atoms with Gasteiger partial charge in [0.1, 0.15) is 17.5 Å². The molecule has 3 atom stereocenters. The van der Waals surface area contributed by atoms with Crippen molar-refractivity contribution in [3.63, 3.8) is 0 Å². The second-order valence-electron chi connectivity index (χ2n) is 6.82. The van der Waals surface area contributed by atoms with Gasteiger partial charge in [0.05, 0.1) is 21.3 Å². The molecule has 0 bridgehead atoms. The normalized spacial score (nSPS) is 26.0. The van der Waals surface area contributed by atoms with Crippen molar-refractivity contribution < 1.29 is 28.5 Å². The number of carbonyl (C=O) groups excluding carboxylic acids is 1. The Hall–Kier alpha value is -2.73. The molecule has 0 radical (unpaired) electrons. The zero-order chi connectivity index (χ0) is 20.5. The Kier molecular flexibility index (Phi) is 5.52. The van der Waals surface area contributed by atoms with Gasteiger partial charge < -0.3 is 23.7 Å². The lowest BCUT2D eigenvalue weighted by Gasteiger charge is -2.31. The molecule has 1 aliphatic carbocycles. The summed E-state index contributed by atoms with van der Waals surface area (Å²) in [6.45, 7) is 5.77. The van der Waals surface area contributed by atoms with Gasteiger partial charge in [0.2, 0.25) is 5.75 Å². The third-order valence-corrected chi connectivity index (χ3v) is 5.45. The van der Waals surface area contributed by atoms with Crippen molar-refractivity contribution in [3.05, 3.63) is 53.8 Å². The van der Waals surface area contributed by atoms with Gasteiger partial charge in [-0.05, 0) is 24.6 Å². The number of methoxy groups -OCH3 is 4. The molecule has 3 rings (SSSR count). The van der Waals surface area contributed by atoms with E-state index in [1.54, 1.807) is 34.5 Å². The SMILES string of the molecule is C=CCC1=C[C@]2(OC)C(=CC1=O)O[C@H](c1cc(OC)c(OC)c(OC)c1)[C@@H]2C. The zero-order valence-corrected chi connectivity index (χ0v) is 16.9. The maximum Gasteiger partial charge on any atom is 0.203 e. The molecule has 2 aliphatic rings. The van der Waals surface area contributed by atoms with E-state index in [-0.39, 0.29) is 17.8 Å². The van der Waals surface area contributed by atoms with Gasteiger partial charge >= 0.3 is 0 Å². The second kappa shape index (κ2) is 7.72. The van der Waals surface area contributed by atoms with E-state index in [9.17, 15) is 4.79 Å². The minimum atomic E-state index is -0.808. The predicted octanol–water partition coefficient (Wildman–Crippen LogP) is 3.77. The molecular formula is C22H26O6. The molecule has 1 aromatic rings. The van der Waals surface area contributed by atoms with Crippen LogP contribution in [0.5, 0.6) is 17.2 Å². The lowest BCUT2D eigenvalue weighted by atomic mass is 9.78. The Morgan fingerprint density at radius 1 is 1.14 bits per heavy atom. The van der Waals surface area contributed by atoms with Crippen molar-refractivity contribution in [1.82, 2.24) is 0 Å². The Morgan fingerprint density at radius 3 is 2.29 bits per heavy atom. The van der Waals surface area contributed by atoms with E-state index in [0.29, 0.717) is 35.0 Å². The first-order valence-corrected chi connectivity index (χ1v) is 9.06. The van der Waals surface area contributed by atoms with Crippen molar-refractivity contribution in [2.75, 3.05) is 28.4 Å². The Morgan fingerprint density at radius 2 is 1.79 bits per heavy atom. The molecule has 150 valence electrons. The highest BCUT2D eigenvalue weighted by Gasteiger charge is 2.54. The zero-order valence-electron chi connectivity index (χ0n) is 16.9. The highest BCUT2D eigenvalue weighted by atomic mass is 16.6. The standard InChI is InChI=1S/C22H26O6/c1-7-8-14-12-22(27-6)13(2)20(28-19(22)11-16(14)23)15-9-17(24-3)21(26-5)18(10-15)25-4/h7,9-13,20H,1,8H2,2-6H3/t13-,20-,22+/m0/s1. The summed E-state index contributed by atoms with van der Waals surface area (Å²) in [5, 5.41) is 0. The molecule has 0 amide bonds. The summed E-state index contributed by atoms with van der Waals surface area (Å²) in [5.74, 6) is 1.93. The fourth-order valence-electron chi connectivity index (χ4n) is 3.95. The fraction of sp³-hybridized carbons (Fsp3) is 0.409. The predicted molar refractivity (Wildman–Crippen MR) is 105 cm³/mol. The molecule has 6 nitrogen and oxygen atoms in total. The number of benzene rings is 1. The van der Waals surface area contributed by atoms with Crippen LogP contribution in [-0.2, 0) is 14.3 Å². The number of fused-ring (bicyclic) bond motifs is 1. The molecule has 1 fully saturated rings. The first-order chi connectivity index (χ1) is 13.4. The summed E-state index contributed by atoms with van der Waals surface area (Å²) < 4.78 is 28.5. The van der Waals surface area contributed by atoms with E-state index in [1.807, 2.05) is 25.1 Å². The number of carbonyl (C=O) groups is 1. The number of hydrogen-bond acceptors (Lipinski definition) is 6. The van der Waals surface area contributed by atoms with E-state index in [1.165, 1.54) is 6.08 Å². The van der Waals surface area contributed by atoms with E-state index in [4.69, 9.17) is 23.7 Å². The maximum atomic E-state index is 12.4. The summed E-state index contributed by atoms with van der Waals surface area (Å²) in [5.41, 5.74) is 0.693. The molecule has 0 saturated carbocycles. The summed E-state index contributed by atoms with van der Waals surface area (Å²) in [7, 11) is 6.33. The largest absolute Gasteiger partial charge is 0.493 e. The quantitative estimate of drug-likeness (QED) is 0.665. The smallest absolute Gasteiger partial charge is 0.203 e. The van der Waals surface area contributed by atoms with Crippen molar-refractivity contribution in [1.29, 1.82) is 0 Å². The number of rotatable bonds is 7. The van der Waals surface area contributed by atoms with Gasteiger partial charge in [-0.1, -0.05) is 13.0 Å². The van der Waals surface area contributed by atoms with Crippen LogP contribution >= 0.6 is 0 Å². The highest BCUT2D eigenvalue weighted by Crippen LogP contribution is 2.53. The van der Waals surface area contributed by atoms with Gasteiger partial charge in [0.25, 0.3) is 0 Å². The summed E-state index contributed by atoms with van der Waals surface area (Å²) in [6, 6.07) is 3.72. The van der Waals surface area contributed by atoms with Gasteiger partial charge in [-0.3, -0.25) is 4.79 Å². The Labute approximate surface area is 165 Å². The van der Waals surface area contributed by atoms with E-state index in [0.717, 1.165) is 5.56 Å². The first-order valence-electron chi connectivity index (χ1n) is 9.06. The molecule has 0 aromatic heterocycles. The molecular weight excluding hydrogens is 360 g/mol. The van der Waals surface area contributed by atoms with E-state index >= 15 is 0 Å².